The Kier molecular flexibility index (Phi) is 6.05. The minimum absolute atomic E-state index is 0.0724. The first-order valence-electron chi connectivity index (χ1n) is 9.78. The maximum Gasteiger partial charge on any atom is 0.274 e. The Balaban J connectivity index is 1.37. The van der Waals surface area contributed by atoms with E-state index in [2.05, 4.69) is 15.6 Å². The average molecular weight is 418 g/mol. The Morgan fingerprint density at radius 1 is 1.24 bits per heavy atom. The monoisotopic (exact) mass is 418 g/mol. The number of ether oxygens (including phenoxy) is 1. The van der Waals surface area contributed by atoms with E-state index >= 15 is 0 Å². The molecule has 7 nitrogen and oxygen atoms in total. The normalized spacial score (nSPS) is 21.3. The first-order valence-corrected chi connectivity index (χ1v) is 10.7. The molecule has 154 valence electrons. The minimum Gasteiger partial charge on any atom is -0.376 e. The summed E-state index contributed by atoms with van der Waals surface area (Å²) < 4.78 is 18.6. The fourth-order valence-electron chi connectivity index (χ4n) is 3.65. The molecule has 2 aliphatic heterocycles. The van der Waals surface area contributed by atoms with Crippen molar-refractivity contribution in [1.29, 1.82) is 0 Å². The van der Waals surface area contributed by atoms with Crippen molar-refractivity contribution in [3.05, 3.63) is 41.2 Å². The number of anilines is 2. The molecule has 0 saturated carbocycles. The zero-order chi connectivity index (χ0) is 20.2. The molecule has 0 spiro atoms. The summed E-state index contributed by atoms with van der Waals surface area (Å²) >= 11 is 1.29. The van der Waals surface area contributed by atoms with Crippen molar-refractivity contribution in [3.8, 4) is 0 Å². The summed E-state index contributed by atoms with van der Waals surface area (Å²) in [5.74, 6) is -0.696. The smallest absolute Gasteiger partial charge is 0.274 e. The molecule has 2 aromatic rings. The highest BCUT2D eigenvalue weighted by Crippen LogP contribution is 2.25. The van der Waals surface area contributed by atoms with Crippen molar-refractivity contribution < 1.29 is 18.7 Å². The van der Waals surface area contributed by atoms with Gasteiger partial charge in [0.25, 0.3) is 5.91 Å². The van der Waals surface area contributed by atoms with Crippen LogP contribution in [0.3, 0.4) is 0 Å². The van der Waals surface area contributed by atoms with Crippen LogP contribution in [0.15, 0.2) is 29.6 Å². The number of aromatic nitrogens is 1. The SMILES string of the molecule is O=C(NC[C@H]1CCCO1)[C@@H]1CCCN1C(=O)c1csc(Nc2ccc(F)cc2)n1. The zero-order valence-corrected chi connectivity index (χ0v) is 16.7. The van der Waals surface area contributed by atoms with Crippen molar-refractivity contribution in [2.24, 2.45) is 0 Å². The van der Waals surface area contributed by atoms with Crippen LogP contribution in [0.25, 0.3) is 0 Å². The van der Waals surface area contributed by atoms with E-state index in [9.17, 15) is 14.0 Å². The second-order valence-corrected chi connectivity index (χ2v) is 8.06. The van der Waals surface area contributed by atoms with Crippen LogP contribution in [0, 0.1) is 5.82 Å². The van der Waals surface area contributed by atoms with E-state index in [4.69, 9.17) is 4.74 Å². The van der Waals surface area contributed by atoms with Gasteiger partial charge in [-0.25, -0.2) is 9.37 Å². The molecule has 2 saturated heterocycles. The number of rotatable bonds is 6. The number of carbonyl (C=O) groups excluding carboxylic acids is 2. The van der Waals surface area contributed by atoms with E-state index < -0.39 is 6.04 Å². The van der Waals surface area contributed by atoms with E-state index in [0.717, 1.165) is 25.9 Å². The zero-order valence-electron chi connectivity index (χ0n) is 15.9. The van der Waals surface area contributed by atoms with Crippen molar-refractivity contribution in [2.45, 2.75) is 37.8 Å². The van der Waals surface area contributed by atoms with Gasteiger partial charge in [-0.15, -0.1) is 11.3 Å². The highest BCUT2D eigenvalue weighted by Gasteiger charge is 2.35. The second-order valence-electron chi connectivity index (χ2n) is 7.21. The van der Waals surface area contributed by atoms with Crippen LogP contribution in [0.4, 0.5) is 15.2 Å². The third-order valence-electron chi connectivity index (χ3n) is 5.16. The summed E-state index contributed by atoms with van der Waals surface area (Å²) in [4.78, 5) is 31.5. The number of nitrogens with zero attached hydrogens (tertiary/aromatic N) is 2. The molecule has 0 radical (unpaired) electrons. The molecule has 0 unspecified atom stereocenters. The van der Waals surface area contributed by atoms with E-state index in [1.807, 2.05) is 0 Å². The van der Waals surface area contributed by atoms with E-state index in [-0.39, 0.29) is 23.7 Å². The molecule has 1 aromatic heterocycles. The topological polar surface area (TPSA) is 83.6 Å². The lowest BCUT2D eigenvalue weighted by atomic mass is 10.2. The van der Waals surface area contributed by atoms with Gasteiger partial charge in [-0.3, -0.25) is 9.59 Å². The predicted molar refractivity (Wildman–Crippen MR) is 108 cm³/mol. The van der Waals surface area contributed by atoms with Crippen LogP contribution >= 0.6 is 11.3 Å². The lowest BCUT2D eigenvalue weighted by molar-refractivity contribution is -0.125. The van der Waals surface area contributed by atoms with Gasteiger partial charge in [0, 0.05) is 30.8 Å². The number of likely N-dealkylation sites (tertiary alicyclic amines) is 1. The maximum atomic E-state index is 13.0. The number of thiazole rings is 1. The van der Waals surface area contributed by atoms with Gasteiger partial charge >= 0.3 is 0 Å². The molecule has 3 heterocycles. The Morgan fingerprint density at radius 3 is 2.83 bits per heavy atom. The largest absolute Gasteiger partial charge is 0.376 e. The molecule has 1 aromatic carbocycles. The highest BCUT2D eigenvalue weighted by atomic mass is 32.1. The van der Waals surface area contributed by atoms with Gasteiger partial charge < -0.3 is 20.3 Å². The van der Waals surface area contributed by atoms with Crippen molar-refractivity contribution >= 4 is 34.0 Å². The molecule has 2 fully saturated rings. The number of carbonyl (C=O) groups is 2. The molecule has 2 amide bonds. The number of benzene rings is 1. The Hall–Kier alpha value is -2.52. The quantitative estimate of drug-likeness (QED) is 0.754. The third-order valence-corrected chi connectivity index (χ3v) is 5.92. The van der Waals surface area contributed by atoms with Gasteiger partial charge in [0.2, 0.25) is 5.91 Å². The summed E-state index contributed by atoms with van der Waals surface area (Å²) in [5.41, 5.74) is 0.991. The number of hydrogen-bond donors (Lipinski definition) is 2. The summed E-state index contributed by atoms with van der Waals surface area (Å²) in [5, 5.41) is 8.20. The van der Waals surface area contributed by atoms with Crippen LogP contribution in [-0.2, 0) is 9.53 Å². The maximum absolute atomic E-state index is 13.0. The third kappa shape index (κ3) is 4.73. The molecule has 2 N–H and O–H groups in total. The first kappa shape index (κ1) is 19.8. The molecule has 9 heteroatoms. The molecule has 29 heavy (non-hydrogen) atoms. The van der Waals surface area contributed by atoms with Crippen molar-refractivity contribution in [3.63, 3.8) is 0 Å². The van der Waals surface area contributed by atoms with Crippen molar-refractivity contribution in [2.75, 3.05) is 25.0 Å². The van der Waals surface area contributed by atoms with Crippen LogP contribution < -0.4 is 10.6 Å². The van der Waals surface area contributed by atoms with E-state index in [1.165, 1.54) is 23.5 Å². The lowest BCUT2D eigenvalue weighted by Gasteiger charge is -2.23. The second kappa shape index (κ2) is 8.87. The Labute approximate surface area is 172 Å². The number of nitrogens with one attached hydrogen (secondary N) is 2. The fraction of sp³-hybridized carbons (Fsp3) is 0.450. The lowest BCUT2D eigenvalue weighted by Crippen LogP contribution is -2.47. The molecule has 0 bridgehead atoms. The van der Waals surface area contributed by atoms with Crippen LogP contribution in [0.2, 0.25) is 0 Å². The van der Waals surface area contributed by atoms with Gasteiger partial charge in [0.15, 0.2) is 5.13 Å². The minimum atomic E-state index is -0.473. The van der Waals surface area contributed by atoms with Gasteiger partial charge in [-0.2, -0.15) is 0 Å². The van der Waals surface area contributed by atoms with Crippen molar-refractivity contribution in [1.82, 2.24) is 15.2 Å². The molecular weight excluding hydrogens is 395 g/mol. The van der Waals surface area contributed by atoms with Gasteiger partial charge in [0.05, 0.1) is 6.10 Å². The number of halogens is 1. The summed E-state index contributed by atoms with van der Waals surface area (Å²) in [6, 6.07) is 5.44. The van der Waals surface area contributed by atoms with Gasteiger partial charge in [0.1, 0.15) is 17.6 Å². The van der Waals surface area contributed by atoms with Gasteiger partial charge in [-0.1, -0.05) is 0 Å². The van der Waals surface area contributed by atoms with E-state index in [1.54, 1.807) is 22.4 Å². The summed E-state index contributed by atoms with van der Waals surface area (Å²) in [6.07, 6.45) is 3.48. The molecule has 4 rings (SSSR count). The van der Waals surface area contributed by atoms with Crippen LogP contribution in [0.1, 0.15) is 36.2 Å². The molecule has 0 aliphatic carbocycles. The molecule has 2 aliphatic rings. The summed E-state index contributed by atoms with van der Waals surface area (Å²) in [6.45, 7) is 1.77. The average Bonchev–Trinajstić information content (AvgIpc) is 3.48. The molecular formula is C20H23FN4O3S. The molecule has 2 atom stereocenters. The van der Waals surface area contributed by atoms with Crippen LogP contribution in [-0.4, -0.2) is 53.5 Å². The van der Waals surface area contributed by atoms with Gasteiger partial charge in [-0.05, 0) is 49.9 Å². The fourth-order valence-corrected chi connectivity index (χ4v) is 4.36. The first-order chi connectivity index (χ1) is 14.1. The predicted octanol–water partition coefficient (Wildman–Crippen LogP) is 2.93. The summed E-state index contributed by atoms with van der Waals surface area (Å²) in [7, 11) is 0. The number of hydrogen-bond acceptors (Lipinski definition) is 6. The van der Waals surface area contributed by atoms with E-state index in [0.29, 0.717) is 36.0 Å². The Morgan fingerprint density at radius 2 is 2.07 bits per heavy atom. The standard InChI is InChI=1S/C20H23FN4O3S/c21-13-5-7-14(8-6-13)23-20-24-16(12-29-20)19(27)25-9-1-4-17(25)18(26)22-11-15-3-2-10-28-15/h5-8,12,15,17H,1-4,9-11H2,(H,22,26)(H,23,24)/t15-,17+/m1/s1. The van der Waals surface area contributed by atoms with Crippen LogP contribution in [0.5, 0.6) is 0 Å². The Bertz CT molecular complexity index is 867. The highest BCUT2D eigenvalue weighted by molar-refractivity contribution is 7.14. The number of amides is 2.